The minimum Gasteiger partial charge on any atom is -0.357 e. The number of nitrogens with two attached hydrogens (primary N) is 1. The van der Waals surface area contributed by atoms with E-state index in [9.17, 15) is 8.42 Å². The lowest BCUT2D eigenvalue weighted by molar-refractivity contribution is 0.599. The third-order valence-electron chi connectivity index (χ3n) is 3.15. The molecule has 0 aliphatic heterocycles. The van der Waals surface area contributed by atoms with Gasteiger partial charge in [0.25, 0.3) is 0 Å². The molecule has 0 aliphatic carbocycles. The van der Waals surface area contributed by atoms with Crippen molar-refractivity contribution in [3.8, 4) is 11.3 Å². The Morgan fingerprint density at radius 2 is 2.04 bits per heavy atom. The molecule has 0 amide bonds. The molecule has 1 aromatic carbocycles. The fourth-order valence-electron chi connectivity index (χ4n) is 2.15. The zero-order chi connectivity index (χ0) is 16.4. The number of benzene rings is 1. The van der Waals surface area contributed by atoms with Crippen LogP contribution in [-0.4, -0.2) is 23.2 Å². The van der Waals surface area contributed by atoms with Crippen molar-refractivity contribution in [3.05, 3.63) is 48.3 Å². The fraction of sp³-hybridized carbons (Fsp3) is 0.143. The summed E-state index contributed by atoms with van der Waals surface area (Å²) in [6, 6.07) is 9.86. The molecule has 9 heteroatoms. The second kappa shape index (κ2) is 6.11. The van der Waals surface area contributed by atoms with E-state index in [1.807, 2.05) is 43.6 Å². The van der Waals surface area contributed by atoms with E-state index in [0.29, 0.717) is 11.7 Å². The number of primary sulfonamides is 1. The lowest BCUT2D eigenvalue weighted by atomic mass is 10.1. The highest BCUT2D eigenvalue weighted by molar-refractivity contribution is 7.91. The molecule has 0 bridgehead atoms. The molecule has 23 heavy (non-hydrogen) atoms. The van der Waals surface area contributed by atoms with Gasteiger partial charge >= 0.3 is 0 Å². The smallest absolute Gasteiger partial charge is 0.249 e. The average molecular weight is 349 g/mol. The van der Waals surface area contributed by atoms with E-state index in [1.165, 1.54) is 6.20 Å². The first-order valence-electron chi connectivity index (χ1n) is 6.74. The maximum atomic E-state index is 11.3. The SMILES string of the molecule is Cn1cc(CNc2ncc(S(N)(=O)=O)s2)c(-c2ccccc2)n1. The Hall–Kier alpha value is -2.23. The highest BCUT2D eigenvalue weighted by Gasteiger charge is 2.14. The van der Waals surface area contributed by atoms with Crippen LogP contribution in [-0.2, 0) is 23.6 Å². The van der Waals surface area contributed by atoms with E-state index in [0.717, 1.165) is 28.2 Å². The zero-order valence-electron chi connectivity index (χ0n) is 12.3. The van der Waals surface area contributed by atoms with Crippen molar-refractivity contribution in [2.24, 2.45) is 12.2 Å². The molecule has 7 nitrogen and oxygen atoms in total. The Morgan fingerprint density at radius 3 is 2.70 bits per heavy atom. The third-order valence-corrected chi connectivity index (χ3v) is 5.51. The van der Waals surface area contributed by atoms with Gasteiger partial charge in [0, 0.05) is 30.9 Å². The van der Waals surface area contributed by atoms with E-state index >= 15 is 0 Å². The van der Waals surface area contributed by atoms with Gasteiger partial charge in [-0.05, 0) is 0 Å². The summed E-state index contributed by atoms with van der Waals surface area (Å²) in [5, 5.41) is 13.2. The average Bonchev–Trinajstić information content (AvgIpc) is 3.12. The topological polar surface area (TPSA) is 103 Å². The van der Waals surface area contributed by atoms with Crippen molar-refractivity contribution in [2.45, 2.75) is 10.8 Å². The Bertz CT molecular complexity index is 916. The molecule has 2 aromatic heterocycles. The highest BCUT2D eigenvalue weighted by atomic mass is 32.2. The fourth-order valence-corrected chi connectivity index (χ4v) is 3.60. The lowest BCUT2D eigenvalue weighted by Gasteiger charge is -2.03. The molecule has 0 aliphatic rings. The first-order valence-corrected chi connectivity index (χ1v) is 9.10. The van der Waals surface area contributed by atoms with Crippen molar-refractivity contribution in [2.75, 3.05) is 5.32 Å². The van der Waals surface area contributed by atoms with Crippen LogP contribution in [0.15, 0.2) is 46.9 Å². The maximum absolute atomic E-state index is 11.3. The normalized spacial score (nSPS) is 11.6. The van der Waals surface area contributed by atoms with Gasteiger partial charge in [-0.1, -0.05) is 41.7 Å². The molecule has 0 saturated heterocycles. The summed E-state index contributed by atoms with van der Waals surface area (Å²) in [7, 11) is -1.85. The van der Waals surface area contributed by atoms with E-state index in [4.69, 9.17) is 5.14 Å². The van der Waals surface area contributed by atoms with E-state index < -0.39 is 10.0 Å². The number of hydrogen-bond acceptors (Lipinski definition) is 6. The van der Waals surface area contributed by atoms with Gasteiger partial charge in [0.15, 0.2) is 9.34 Å². The van der Waals surface area contributed by atoms with Gasteiger partial charge in [0.2, 0.25) is 10.0 Å². The molecule has 0 radical (unpaired) electrons. The van der Waals surface area contributed by atoms with Crippen LogP contribution in [0.1, 0.15) is 5.56 Å². The Morgan fingerprint density at radius 1 is 1.30 bits per heavy atom. The first kappa shape index (κ1) is 15.7. The quantitative estimate of drug-likeness (QED) is 0.731. The molecule has 0 saturated carbocycles. The van der Waals surface area contributed by atoms with Crippen molar-refractivity contribution >= 4 is 26.5 Å². The summed E-state index contributed by atoms with van der Waals surface area (Å²) >= 11 is 1.01. The Kier molecular flexibility index (Phi) is 4.16. The van der Waals surface area contributed by atoms with Gasteiger partial charge in [0.1, 0.15) is 0 Å². The predicted octanol–water partition coefficient (Wildman–Crippen LogP) is 1.80. The van der Waals surface area contributed by atoms with Crippen molar-refractivity contribution in [1.29, 1.82) is 0 Å². The minimum absolute atomic E-state index is 0.0365. The number of aromatic nitrogens is 3. The number of rotatable bonds is 5. The summed E-state index contributed by atoms with van der Waals surface area (Å²) < 4.78 is 24.3. The first-order chi connectivity index (χ1) is 10.9. The molecular formula is C14H15N5O2S2. The molecule has 3 N–H and O–H groups in total. The zero-order valence-corrected chi connectivity index (χ0v) is 13.9. The number of nitrogens with one attached hydrogen (secondary N) is 1. The van der Waals surface area contributed by atoms with Gasteiger partial charge in [-0.3, -0.25) is 4.68 Å². The number of anilines is 1. The summed E-state index contributed by atoms with van der Waals surface area (Å²) in [6.45, 7) is 0.482. The lowest BCUT2D eigenvalue weighted by Crippen LogP contribution is -2.09. The standard InChI is InChI=1S/C14H15N5O2S2/c1-19-9-11(13(18-19)10-5-3-2-4-6-10)7-16-14-17-8-12(22-14)23(15,20)21/h2-6,8-9H,7H2,1H3,(H,16,17)(H2,15,20,21). The van der Waals surface area contributed by atoms with Crippen LogP contribution in [0.3, 0.4) is 0 Å². The molecule has 0 atom stereocenters. The van der Waals surface area contributed by atoms with Gasteiger partial charge in [-0.25, -0.2) is 18.5 Å². The largest absolute Gasteiger partial charge is 0.357 e. The predicted molar refractivity (Wildman–Crippen MR) is 89.5 cm³/mol. The second-order valence-corrected chi connectivity index (χ2v) is 7.74. The summed E-state index contributed by atoms with van der Waals surface area (Å²) in [5.41, 5.74) is 2.89. The second-order valence-electron chi connectivity index (χ2n) is 4.93. The molecule has 120 valence electrons. The van der Waals surface area contributed by atoms with E-state index in [1.54, 1.807) is 4.68 Å². The van der Waals surface area contributed by atoms with Crippen LogP contribution >= 0.6 is 11.3 Å². The molecule has 3 rings (SSSR count). The van der Waals surface area contributed by atoms with Crippen molar-refractivity contribution < 1.29 is 8.42 Å². The van der Waals surface area contributed by atoms with E-state index in [2.05, 4.69) is 15.4 Å². The molecule has 3 aromatic rings. The maximum Gasteiger partial charge on any atom is 0.249 e. The Balaban J connectivity index is 1.80. The van der Waals surface area contributed by atoms with Crippen molar-refractivity contribution in [3.63, 3.8) is 0 Å². The van der Waals surface area contributed by atoms with Gasteiger partial charge in [-0.2, -0.15) is 5.10 Å². The minimum atomic E-state index is -3.71. The van der Waals surface area contributed by atoms with E-state index in [-0.39, 0.29) is 4.21 Å². The Labute approximate surface area is 137 Å². The molecule has 2 heterocycles. The monoisotopic (exact) mass is 349 g/mol. The van der Waals surface area contributed by atoms with Crippen LogP contribution in [0.2, 0.25) is 0 Å². The summed E-state index contributed by atoms with van der Waals surface area (Å²) in [5.74, 6) is 0. The number of aryl methyl sites for hydroxylation is 1. The summed E-state index contributed by atoms with van der Waals surface area (Å²) in [6.07, 6.45) is 3.17. The number of hydrogen-bond donors (Lipinski definition) is 2. The molecular weight excluding hydrogens is 334 g/mol. The van der Waals surface area contributed by atoms with Gasteiger partial charge in [0.05, 0.1) is 11.9 Å². The van der Waals surface area contributed by atoms with Gasteiger partial charge < -0.3 is 5.32 Å². The number of thiazole rings is 1. The molecule has 0 unspecified atom stereocenters. The van der Waals surface area contributed by atoms with Gasteiger partial charge in [-0.15, -0.1) is 0 Å². The van der Waals surface area contributed by atoms with Crippen LogP contribution in [0.5, 0.6) is 0 Å². The highest BCUT2D eigenvalue weighted by Crippen LogP contribution is 2.25. The van der Waals surface area contributed by atoms with Crippen LogP contribution in [0.25, 0.3) is 11.3 Å². The summed E-state index contributed by atoms with van der Waals surface area (Å²) in [4.78, 5) is 4.03. The number of nitrogens with zero attached hydrogens (tertiary/aromatic N) is 3. The molecule has 0 fully saturated rings. The van der Waals surface area contributed by atoms with Crippen LogP contribution in [0.4, 0.5) is 5.13 Å². The number of sulfonamides is 1. The van der Waals surface area contributed by atoms with Crippen LogP contribution in [0, 0.1) is 0 Å². The molecule has 0 spiro atoms. The van der Waals surface area contributed by atoms with Crippen molar-refractivity contribution in [1.82, 2.24) is 14.8 Å². The third kappa shape index (κ3) is 3.58. The van der Waals surface area contributed by atoms with Crippen LogP contribution < -0.4 is 10.5 Å².